The van der Waals surface area contributed by atoms with Crippen molar-refractivity contribution in [2.45, 2.75) is 39.0 Å². The van der Waals surface area contributed by atoms with Crippen molar-refractivity contribution >= 4 is 46.5 Å². The maximum atomic E-state index is 13.0. The molecule has 27 heavy (non-hydrogen) atoms. The van der Waals surface area contributed by atoms with Gasteiger partial charge in [-0.05, 0) is 38.5 Å². The van der Waals surface area contributed by atoms with Gasteiger partial charge in [0.1, 0.15) is 16.7 Å². The van der Waals surface area contributed by atoms with Gasteiger partial charge in [0.25, 0.3) is 5.91 Å². The van der Waals surface area contributed by atoms with E-state index >= 15 is 0 Å². The molecule has 1 saturated heterocycles. The Morgan fingerprint density at radius 3 is 2.74 bits per heavy atom. The van der Waals surface area contributed by atoms with Crippen LogP contribution in [0.4, 0.5) is 4.79 Å². The van der Waals surface area contributed by atoms with Crippen LogP contribution in [-0.2, 0) is 21.6 Å². The topological polar surface area (TPSA) is 71.5 Å². The molecule has 0 aliphatic carbocycles. The Kier molecular flexibility index (Phi) is 5.76. The van der Waals surface area contributed by atoms with Crippen LogP contribution < -0.4 is 5.32 Å². The van der Waals surface area contributed by atoms with Gasteiger partial charge in [-0.2, -0.15) is 0 Å². The third kappa shape index (κ3) is 3.82. The van der Waals surface area contributed by atoms with Gasteiger partial charge in [0.05, 0.1) is 22.3 Å². The molecule has 1 aromatic carbocycles. The van der Waals surface area contributed by atoms with Crippen LogP contribution in [-0.4, -0.2) is 28.4 Å². The molecule has 2 atom stereocenters. The van der Waals surface area contributed by atoms with Crippen molar-refractivity contribution in [2.24, 2.45) is 0 Å². The minimum Gasteiger partial charge on any atom is -0.372 e. The van der Waals surface area contributed by atoms with Gasteiger partial charge in [-0.1, -0.05) is 29.3 Å². The Morgan fingerprint density at radius 2 is 2.07 bits per heavy atom. The molecule has 3 rings (SSSR count). The fourth-order valence-corrected chi connectivity index (χ4v) is 4.02. The number of benzene rings is 1. The summed E-state index contributed by atoms with van der Waals surface area (Å²) in [5, 5.41) is 6.10. The third-order valence-electron chi connectivity index (χ3n) is 4.43. The summed E-state index contributed by atoms with van der Waals surface area (Å²) in [6, 6.07) is 4.41. The van der Waals surface area contributed by atoms with E-state index in [1.165, 1.54) is 11.3 Å². The smallest absolute Gasteiger partial charge is 0.325 e. The summed E-state index contributed by atoms with van der Waals surface area (Å²) in [6.07, 6.45) is -0.127. The first-order valence-corrected chi connectivity index (χ1v) is 10.1. The van der Waals surface area contributed by atoms with Crippen LogP contribution in [0, 0.1) is 0 Å². The fraction of sp³-hybridized carbons (Fsp3) is 0.389. The first-order valence-electron chi connectivity index (χ1n) is 8.41. The van der Waals surface area contributed by atoms with Gasteiger partial charge < -0.3 is 10.1 Å². The van der Waals surface area contributed by atoms with Gasteiger partial charge >= 0.3 is 6.03 Å². The van der Waals surface area contributed by atoms with Crippen molar-refractivity contribution in [3.8, 4) is 0 Å². The largest absolute Gasteiger partial charge is 0.372 e. The zero-order chi connectivity index (χ0) is 19.8. The summed E-state index contributed by atoms with van der Waals surface area (Å²) in [5.74, 6) is -0.363. The quantitative estimate of drug-likeness (QED) is 0.687. The number of nitrogens with one attached hydrogen (secondary N) is 1. The fourth-order valence-electron chi connectivity index (χ4n) is 2.91. The van der Waals surface area contributed by atoms with E-state index in [0.29, 0.717) is 27.9 Å². The maximum Gasteiger partial charge on any atom is 0.325 e. The van der Waals surface area contributed by atoms with Crippen LogP contribution in [0.15, 0.2) is 23.6 Å². The Hall–Kier alpha value is -1.67. The highest BCUT2D eigenvalue weighted by Gasteiger charge is 2.49. The number of nitrogens with zero attached hydrogens (tertiary/aromatic N) is 2. The molecule has 2 unspecified atom stereocenters. The second kappa shape index (κ2) is 7.75. The van der Waals surface area contributed by atoms with Crippen molar-refractivity contribution in [1.82, 2.24) is 15.2 Å². The summed E-state index contributed by atoms with van der Waals surface area (Å²) in [5.41, 5.74) is 0.00750. The van der Waals surface area contributed by atoms with Gasteiger partial charge in [-0.25, -0.2) is 9.78 Å². The molecule has 0 saturated carbocycles. The zero-order valence-electron chi connectivity index (χ0n) is 15.1. The van der Waals surface area contributed by atoms with Gasteiger partial charge in [-0.15, -0.1) is 11.3 Å². The Bertz CT molecular complexity index is 888. The minimum atomic E-state index is -1.21. The maximum absolute atomic E-state index is 13.0. The van der Waals surface area contributed by atoms with Crippen LogP contribution >= 0.6 is 34.5 Å². The van der Waals surface area contributed by atoms with Crippen molar-refractivity contribution in [1.29, 1.82) is 0 Å². The van der Waals surface area contributed by atoms with Crippen molar-refractivity contribution in [2.75, 3.05) is 6.61 Å². The lowest BCUT2D eigenvalue weighted by atomic mass is 9.92. The van der Waals surface area contributed by atoms with E-state index in [2.05, 4.69) is 10.3 Å². The van der Waals surface area contributed by atoms with Crippen molar-refractivity contribution in [3.63, 3.8) is 0 Å². The van der Waals surface area contributed by atoms with Gasteiger partial charge in [0.2, 0.25) is 0 Å². The van der Waals surface area contributed by atoms with Crippen LogP contribution in [0.5, 0.6) is 0 Å². The number of hydrogen-bond acceptors (Lipinski definition) is 5. The number of ether oxygens (including phenoxy) is 1. The molecule has 9 heteroatoms. The molecule has 6 nitrogen and oxygen atoms in total. The molecule has 0 spiro atoms. The highest BCUT2D eigenvalue weighted by molar-refractivity contribution is 7.09. The Morgan fingerprint density at radius 1 is 1.33 bits per heavy atom. The average Bonchev–Trinajstić information content (AvgIpc) is 3.17. The molecule has 1 aliphatic heterocycles. The number of aromatic nitrogens is 1. The monoisotopic (exact) mass is 427 g/mol. The van der Waals surface area contributed by atoms with E-state index in [1.807, 2.05) is 19.2 Å². The lowest BCUT2D eigenvalue weighted by molar-refractivity contribution is -0.131. The van der Waals surface area contributed by atoms with E-state index in [1.54, 1.807) is 25.1 Å². The zero-order valence-corrected chi connectivity index (χ0v) is 17.4. The number of urea groups is 1. The van der Waals surface area contributed by atoms with Crippen LogP contribution in [0.2, 0.25) is 10.0 Å². The number of rotatable bonds is 6. The number of halogens is 2. The van der Waals surface area contributed by atoms with Crippen molar-refractivity contribution in [3.05, 3.63) is 49.9 Å². The molecular formula is C18H19Cl2N3O3S. The molecular weight excluding hydrogens is 409 g/mol. The van der Waals surface area contributed by atoms with E-state index in [0.717, 1.165) is 9.91 Å². The molecule has 1 aliphatic rings. The summed E-state index contributed by atoms with van der Waals surface area (Å²) in [6.45, 7) is 6.17. The third-order valence-corrected chi connectivity index (χ3v) is 6.22. The standard InChI is InChI=1S/C18H19Cl2N3O3S/c1-4-26-10(2)15-21-12(9-27-15)8-23-16(24)18(3,22-17(23)25)11-5-6-13(19)14(20)7-11/h5-7,9-10H,4,8H2,1-3H3,(H,22,25). The molecule has 0 bridgehead atoms. The minimum absolute atomic E-state index is 0.0942. The number of hydrogen-bond donors (Lipinski definition) is 1. The summed E-state index contributed by atoms with van der Waals surface area (Å²) < 4.78 is 5.53. The molecule has 3 amide bonds. The second-order valence-corrected chi connectivity index (χ2v) is 8.05. The number of imide groups is 1. The summed E-state index contributed by atoms with van der Waals surface area (Å²) in [4.78, 5) is 31.1. The van der Waals surface area contributed by atoms with Gasteiger partial charge in [0.15, 0.2) is 0 Å². The van der Waals surface area contributed by atoms with Crippen molar-refractivity contribution < 1.29 is 14.3 Å². The number of thiazole rings is 1. The summed E-state index contributed by atoms with van der Waals surface area (Å²) >= 11 is 13.5. The number of carbonyl (C=O) groups excluding carboxylic acids is 2. The lowest BCUT2D eigenvalue weighted by Gasteiger charge is -2.22. The average molecular weight is 428 g/mol. The summed E-state index contributed by atoms with van der Waals surface area (Å²) in [7, 11) is 0. The highest BCUT2D eigenvalue weighted by atomic mass is 35.5. The normalized spacial score (nSPS) is 20.9. The number of carbonyl (C=O) groups is 2. The van der Waals surface area contributed by atoms with Crippen LogP contribution in [0.3, 0.4) is 0 Å². The first-order chi connectivity index (χ1) is 12.8. The van der Waals surface area contributed by atoms with E-state index in [4.69, 9.17) is 27.9 Å². The number of amides is 3. The SMILES string of the molecule is CCOC(C)c1nc(CN2C(=O)NC(C)(c3ccc(Cl)c(Cl)c3)C2=O)cs1. The van der Waals surface area contributed by atoms with Crippen LogP contribution in [0.25, 0.3) is 0 Å². The highest BCUT2D eigenvalue weighted by Crippen LogP contribution is 2.33. The molecule has 1 aromatic heterocycles. The Balaban J connectivity index is 1.81. The molecule has 144 valence electrons. The van der Waals surface area contributed by atoms with Gasteiger partial charge in [0, 0.05) is 12.0 Å². The van der Waals surface area contributed by atoms with E-state index < -0.39 is 11.6 Å². The predicted molar refractivity (Wildman–Crippen MR) is 105 cm³/mol. The van der Waals surface area contributed by atoms with E-state index in [-0.39, 0.29) is 18.6 Å². The first kappa shape index (κ1) is 20.1. The molecule has 1 N–H and O–H groups in total. The molecule has 2 heterocycles. The second-order valence-electron chi connectivity index (χ2n) is 6.35. The predicted octanol–water partition coefficient (Wildman–Crippen LogP) is 4.51. The van der Waals surface area contributed by atoms with E-state index in [9.17, 15) is 9.59 Å². The Labute approximate surface area is 171 Å². The van der Waals surface area contributed by atoms with Gasteiger partial charge in [-0.3, -0.25) is 9.69 Å². The molecule has 2 aromatic rings. The molecule has 1 fully saturated rings. The molecule has 0 radical (unpaired) electrons. The lowest BCUT2D eigenvalue weighted by Crippen LogP contribution is -2.40. The van der Waals surface area contributed by atoms with Crippen LogP contribution in [0.1, 0.15) is 43.1 Å².